The van der Waals surface area contributed by atoms with E-state index in [2.05, 4.69) is 13.8 Å². The number of fused-ring (bicyclic) bond motifs is 1. The Hall–Kier alpha value is -0.120. The number of aliphatic hydroxyl groups excluding tert-OH is 1. The SMILES string of the molecule is CCC(O)(CC)CCOC(C)C1CCC2C(O)CCC(C)C21. The van der Waals surface area contributed by atoms with E-state index in [-0.39, 0.29) is 12.2 Å². The van der Waals surface area contributed by atoms with Crippen LogP contribution in [0.15, 0.2) is 0 Å². The molecule has 0 saturated heterocycles. The van der Waals surface area contributed by atoms with Crippen molar-refractivity contribution in [1.29, 1.82) is 0 Å². The summed E-state index contributed by atoms with van der Waals surface area (Å²) in [5, 5.41) is 20.6. The third-order valence-corrected chi connectivity index (χ3v) is 6.76. The standard InChI is InChI=1S/C19H36O3/c1-5-19(21,6-2)11-12-22-14(4)15-8-9-16-17(20)10-7-13(3)18(15)16/h13-18,20-21H,5-12H2,1-4H3. The largest absolute Gasteiger partial charge is 0.393 e. The Kier molecular flexibility index (Phi) is 6.32. The zero-order valence-electron chi connectivity index (χ0n) is 14.9. The van der Waals surface area contributed by atoms with Gasteiger partial charge in [0.25, 0.3) is 0 Å². The third-order valence-electron chi connectivity index (χ3n) is 6.76. The normalized spacial score (nSPS) is 37.1. The average molecular weight is 312 g/mol. The summed E-state index contributed by atoms with van der Waals surface area (Å²) in [7, 11) is 0. The Morgan fingerprint density at radius 2 is 1.82 bits per heavy atom. The van der Waals surface area contributed by atoms with Crippen LogP contribution in [-0.2, 0) is 4.74 Å². The Morgan fingerprint density at radius 3 is 2.45 bits per heavy atom. The van der Waals surface area contributed by atoms with Crippen molar-refractivity contribution in [2.75, 3.05) is 6.61 Å². The molecule has 2 N–H and O–H groups in total. The molecule has 6 unspecified atom stereocenters. The summed E-state index contributed by atoms with van der Waals surface area (Å²) in [6, 6.07) is 0. The highest BCUT2D eigenvalue weighted by molar-refractivity contribution is 4.96. The van der Waals surface area contributed by atoms with E-state index in [1.54, 1.807) is 0 Å². The quantitative estimate of drug-likeness (QED) is 0.752. The van der Waals surface area contributed by atoms with Crippen LogP contribution in [0.25, 0.3) is 0 Å². The van der Waals surface area contributed by atoms with Crippen molar-refractivity contribution in [1.82, 2.24) is 0 Å². The molecule has 0 aromatic rings. The summed E-state index contributed by atoms with van der Waals surface area (Å²) in [5.41, 5.74) is -0.563. The molecule has 2 saturated carbocycles. The lowest BCUT2D eigenvalue weighted by molar-refractivity contribution is -0.0575. The van der Waals surface area contributed by atoms with E-state index in [0.29, 0.717) is 30.3 Å². The van der Waals surface area contributed by atoms with E-state index >= 15 is 0 Å². The molecule has 0 amide bonds. The summed E-state index contributed by atoms with van der Waals surface area (Å²) in [4.78, 5) is 0. The lowest BCUT2D eigenvalue weighted by Crippen LogP contribution is -2.39. The number of ether oxygens (including phenoxy) is 1. The molecule has 0 bridgehead atoms. The number of hydrogen-bond acceptors (Lipinski definition) is 3. The van der Waals surface area contributed by atoms with Crippen LogP contribution in [0.2, 0.25) is 0 Å². The minimum atomic E-state index is -0.563. The van der Waals surface area contributed by atoms with Gasteiger partial charge in [0.05, 0.1) is 17.8 Å². The van der Waals surface area contributed by atoms with Gasteiger partial charge in [0.15, 0.2) is 0 Å². The highest BCUT2D eigenvalue weighted by Gasteiger charge is 2.47. The van der Waals surface area contributed by atoms with Crippen LogP contribution < -0.4 is 0 Å². The first-order valence-electron chi connectivity index (χ1n) is 9.44. The van der Waals surface area contributed by atoms with Crippen molar-refractivity contribution >= 4 is 0 Å². The molecule has 2 aliphatic carbocycles. The fourth-order valence-corrected chi connectivity index (χ4v) is 4.93. The summed E-state index contributed by atoms with van der Waals surface area (Å²) in [5.74, 6) is 2.39. The highest BCUT2D eigenvalue weighted by atomic mass is 16.5. The van der Waals surface area contributed by atoms with Crippen LogP contribution in [0.5, 0.6) is 0 Å². The molecule has 22 heavy (non-hydrogen) atoms. The smallest absolute Gasteiger partial charge is 0.0664 e. The third kappa shape index (κ3) is 3.85. The van der Waals surface area contributed by atoms with Crippen molar-refractivity contribution in [3.8, 4) is 0 Å². The van der Waals surface area contributed by atoms with Crippen LogP contribution in [0, 0.1) is 23.7 Å². The van der Waals surface area contributed by atoms with Gasteiger partial charge in [0.1, 0.15) is 0 Å². The zero-order valence-corrected chi connectivity index (χ0v) is 14.9. The van der Waals surface area contributed by atoms with Crippen molar-refractivity contribution in [3.63, 3.8) is 0 Å². The fraction of sp³-hybridized carbons (Fsp3) is 1.00. The van der Waals surface area contributed by atoms with E-state index in [1.165, 1.54) is 6.42 Å². The van der Waals surface area contributed by atoms with Gasteiger partial charge in [-0.05, 0) is 75.5 Å². The Labute approximate surface area is 136 Å². The predicted molar refractivity (Wildman–Crippen MR) is 89.7 cm³/mol. The Balaban J connectivity index is 1.86. The Bertz CT molecular complexity index is 340. The van der Waals surface area contributed by atoms with Gasteiger partial charge in [-0.2, -0.15) is 0 Å². The van der Waals surface area contributed by atoms with Crippen LogP contribution in [0.4, 0.5) is 0 Å². The van der Waals surface area contributed by atoms with Gasteiger partial charge in [-0.3, -0.25) is 0 Å². The van der Waals surface area contributed by atoms with Gasteiger partial charge in [-0.1, -0.05) is 20.8 Å². The highest BCUT2D eigenvalue weighted by Crippen LogP contribution is 2.50. The molecule has 0 radical (unpaired) electrons. The lowest BCUT2D eigenvalue weighted by Gasteiger charge is -2.40. The maximum Gasteiger partial charge on any atom is 0.0664 e. The molecule has 0 aliphatic heterocycles. The van der Waals surface area contributed by atoms with E-state index in [0.717, 1.165) is 38.5 Å². The van der Waals surface area contributed by atoms with Gasteiger partial charge < -0.3 is 14.9 Å². The fourth-order valence-electron chi connectivity index (χ4n) is 4.93. The zero-order chi connectivity index (χ0) is 16.3. The molecule has 2 aliphatic rings. The van der Waals surface area contributed by atoms with Crippen molar-refractivity contribution in [2.45, 2.75) is 90.4 Å². The topological polar surface area (TPSA) is 49.7 Å². The van der Waals surface area contributed by atoms with E-state index < -0.39 is 5.60 Å². The van der Waals surface area contributed by atoms with Gasteiger partial charge in [-0.25, -0.2) is 0 Å². The first-order chi connectivity index (χ1) is 10.4. The van der Waals surface area contributed by atoms with Gasteiger partial charge >= 0.3 is 0 Å². The first-order valence-corrected chi connectivity index (χ1v) is 9.44. The molecule has 2 rings (SSSR count). The summed E-state index contributed by atoms with van der Waals surface area (Å²) < 4.78 is 6.12. The van der Waals surface area contributed by atoms with Crippen molar-refractivity contribution in [2.24, 2.45) is 23.7 Å². The minimum Gasteiger partial charge on any atom is -0.393 e. The number of hydrogen-bond donors (Lipinski definition) is 2. The van der Waals surface area contributed by atoms with Crippen LogP contribution in [-0.4, -0.2) is 34.6 Å². The summed E-state index contributed by atoms with van der Waals surface area (Å²) in [6.07, 6.45) is 6.91. The van der Waals surface area contributed by atoms with Crippen LogP contribution >= 0.6 is 0 Å². The maximum atomic E-state index is 10.4. The minimum absolute atomic E-state index is 0.0938. The molecule has 0 aromatic carbocycles. The van der Waals surface area contributed by atoms with E-state index in [1.807, 2.05) is 13.8 Å². The maximum absolute atomic E-state index is 10.4. The summed E-state index contributed by atoms with van der Waals surface area (Å²) >= 11 is 0. The molecule has 0 spiro atoms. The van der Waals surface area contributed by atoms with Crippen molar-refractivity contribution < 1.29 is 14.9 Å². The lowest BCUT2D eigenvalue weighted by atomic mass is 9.69. The number of rotatable bonds is 7. The Morgan fingerprint density at radius 1 is 1.14 bits per heavy atom. The molecule has 0 heterocycles. The van der Waals surface area contributed by atoms with Crippen LogP contribution in [0.3, 0.4) is 0 Å². The predicted octanol–water partition coefficient (Wildman–Crippen LogP) is 3.77. The molecule has 3 nitrogen and oxygen atoms in total. The second kappa shape index (κ2) is 7.63. The van der Waals surface area contributed by atoms with Gasteiger partial charge in [0, 0.05) is 6.61 Å². The van der Waals surface area contributed by atoms with Gasteiger partial charge in [0.2, 0.25) is 0 Å². The molecule has 3 heteroatoms. The molecule has 6 atom stereocenters. The van der Waals surface area contributed by atoms with Gasteiger partial charge in [-0.15, -0.1) is 0 Å². The monoisotopic (exact) mass is 312 g/mol. The number of aliphatic hydroxyl groups is 2. The molecule has 0 aromatic heterocycles. The van der Waals surface area contributed by atoms with E-state index in [9.17, 15) is 10.2 Å². The molecular weight excluding hydrogens is 276 g/mol. The first kappa shape index (κ1) is 18.2. The molecule has 130 valence electrons. The molecular formula is C19H36O3. The van der Waals surface area contributed by atoms with E-state index in [4.69, 9.17) is 4.74 Å². The second-order valence-electron chi connectivity index (χ2n) is 7.86. The molecule has 2 fully saturated rings. The second-order valence-corrected chi connectivity index (χ2v) is 7.86. The van der Waals surface area contributed by atoms with Crippen LogP contribution in [0.1, 0.15) is 72.6 Å². The summed E-state index contributed by atoms with van der Waals surface area (Å²) in [6.45, 7) is 9.27. The average Bonchev–Trinajstić information content (AvgIpc) is 2.97. The van der Waals surface area contributed by atoms with Crippen molar-refractivity contribution in [3.05, 3.63) is 0 Å².